The van der Waals surface area contributed by atoms with Crippen molar-refractivity contribution in [2.24, 2.45) is 11.7 Å². The van der Waals surface area contributed by atoms with E-state index in [2.05, 4.69) is 49.4 Å². The molecule has 2 heteroatoms. The Morgan fingerprint density at radius 2 is 1.94 bits per heavy atom. The van der Waals surface area contributed by atoms with E-state index in [1.54, 1.807) is 0 Å². The van der Waals surface area contributed by atoms with Crippen LogP contribution in [0.1, 0.15) is 24.9 Å². The van der Waals surface area contributed by atoms with Crippen LogP contribution in [0.25, 0.3) is 10.8 Å². The fourth-order valence-corrected chi connectivity index (χ4v) is 2.99. The summed E-state index contributed by atoms with van der Waals surface area (Å²) in [4.78, 5) is 0. The molecule has 1 fully saturated rings. The fraction of sp³-hybridized carbons (Fsp3) is 0.375. The van der Waals surface area contributed by atoms with E-state index in [4.69, 9.17) is 10.5 Å². The van der Waals surface area contributed by atoms with E-state index in [9.17, 15) is 0 Å². The minimum Gasteiger partial charge on any atom is -0.378 e. The highest BCUT2D eigenvalue weighted by Crippen LogP contribution is 2.34. The van der Waals surface area contributed by atoms with Crippen LogP contribution >= 0.6 is 0 Å². The summed E-state index contributed by atoms with van der Waals surface area (Å²) in [6, 6.07) is 14.9. The molecule has 0 amide bonds. The van der Waals surface area contributed by atoms with Gasteiger partial charge in [0.05, 0.1) is 6.10 Å². The van der Waals surface area contributed by atoms with Gasteiger partial charge in [0.25, 0.3) is 0 Å². The molecule has 2 N–H and O–H groups in total. The SMILES string of the molecule is CC1OCCC1C(N)c1cccc2ccccc12. The topological polar surface area (TPSA) is 35.2 Å². The lowest BCUT2D eigenvalue weighted by atomic mass is 9.86. The average molecular weight is 241 g/mol. The normalized spacial score (nSPS) is 25.4. The van der Waals surface area contributed by atoms with Gasteiger partial charge >= 0.3 is 0 Å². The molecule has 0 aromatic heterocycles. The van der Waals surface area contributed by atoms with Gasteiger partial charge < -0.3 is 10.5 Å². The van der Waals surface area contributed by atoms with Gasteiger partial charge in [-0.15, -0.1) is 0 Å². The van der Waals surface area contributed by atoms with Crippen molar-refractivity contribution in [1.82, 2.24) is 0 Å². The van der Waals surface area contributed by atoms with Crippen LogP contribution in [0.3, 0.4) is 0 Å². The Bertz CT molecular complexity index is 546. The van der Waals surface area contributed by atoms with Crippen LogP contribution in [0.2, 0.25) is 0 Å². The molecule has 0 saturated carbocycles. The van der Waals surface area contributed by atoms with Crippen molar-refractivity contribution in [3.8, 4) is 0 Å². The molecule has 2 aromatic rings. The van der Waals surface area contributed by atoms with Crippen LogP contribution in [0.5, 0.6) is 0 Å². The summed E-state index contributed by atoms with van der Waals surface area (Å²) in [7, 11) is 0. The summed E-state index contributed by atoms with van der Waals surface area (Å²) in [6.07, 6.45) is 1.32. The van der Waals surface area contributed by atoms with Gasteiger partial charge in [-0.1, -0.05) is 42.5 Å². The molecule has 1 heterocycles. The number of hydrogen-bond donors (Lipinski definition) is 1. The van der Waals surface area contributed by atoms with Crippen molar-refractivity contribution in [3.05, 3.63) is 48.0 Å². The number of hydrogen-bond acceptors (Lipinski definition) is 2. The summed E-state index contributed by atoms with van der Waals surface area (Å²) in [5.74, 6) is 0.427. The van der Waals surface area contributed by atoms with Crippen LogP contribution in [-0.2, 0) is 4.74 Å². The van der Waals surface area contributed by atoms with E-state index >= 15 is 0 Å². The smallest absolute Gasteiger partial charge is 0.0594 e. The van der Waals surface area contributed by atoms with E-state index in [-0.39, 0.29) is 12.1 Å². The maximum atomic E-state index is 6.48. The first kappa shape index (κ1) is 11.7. The lowest BCUT2D eigenvalue weighted by Crippen LogP contribution is -2.26. The van der Waals surface area contributed by atoms with Crippen LogP contribution in [0.4, 0.5) is 0 Å². The first-order chi connectivity index (χ1) is 8.77. The van der Waals surface area contributed by atoms with Gasteiger partial charge in [-0.2, -0.15) is 0 Å². The van der Waals surface area contributed by atoms with E-state index in [0.29, 0.717) is 5.92 Å². The van der Waals surface area contributed by atoms with E-state index in [1.165, 1.54) is 16.3 Å². The minimum absolute atomic E-state index is 0.0635. The molecular weight excluding hydrogens is 222 g/mol. The minimum atomic E-state index is 0.0635. The Balaban J connectivity index is 2.03. The van der Waals surface area contributed by atoms with Gasteiger partial charge in [-0.05, 0) is 29.7 Å². The van der Waals surface area contributed by atoms with Gasteiger partial charge in [0.1, 0.15) is 0 Å². The Morgan fingerprint density at radius 3 is 2.72 bits per heavy atom. The maximum Gasteiger partial charge on any atom is 0.0594 e. The molecule has 1 aliphatic heterocycles. The maximum absolute atomic E-state index is 6.48. The second kappa shape index (κ2) is 4.71. The standard InChI is InChI=1S/C16H19NO/c1-11-13(9-10-18-11)16(17)15-8-4-6-12-5-2-3-7-14(12)15/h2-8,11,13,16H,9-10,17H2,1H3. The van der Waals surface area contributed by atoms with Crippen LogP contribution < -0.4 is 5.73 Å². The van der Waals surface area contributed by atoms with E-state index < -0.39 is 0 Å². The van der Waals surface area contributed by atoms with Crippen molar-refractivity contribution in [2.45, 2.75) is 25.5 Å². The molecule has 3 rings (SSSR count). The highest BCUT2D eigenvalue weighted by Gasteiger charge is 2.31. The summed E-state index contributed by atoms with van der Waals surface area (Å²) in [6.45, 7) is 2.97. The van der Waals surface area contributed by atoms with E-state index in [0.717, 1.165) is 13.0 Å². The summed E-state index contributed by atoms with van der Waals surface area (Å²) in [5, 5.41) is 2.53. The van der Waals surface area contributed by atoms with Gasteiger partial charge in [0.2, 0.25) is 0 Å². The summed E-state index contributed by atoms with van der Waals surface area (Å²) >= 11 is 0. The summed E-state index contributed by atoms with van der Waals surface area (Å²) in [5.41, 5.74) is 7.72. The number of ether oxygens (including phenoxy) is 1. The van der Waals surface area contributed by atoms with Crippen molar-refractivity contribution in [2.75, 3.05) is 6.61 Å². The number of rotatable bonds is 2. The van der Waals surface area contributed by atoms with Crippen molar-refractivity contribution < 1.29 is 4.74 Å². The zero-order valence-corrected chi connectivity index (χ0v) is 10.7. The third-order valence-corrected chi connectivity index (χ3v) is 4.08. The number of fused-ring (bicyclic) bond motifs is 1. The quantitative estimate of drug-likeness (QED) is 0.875. The highest BCUT2D eigenvalue weighted by molar-refractivity contribution is 5.86. The van der Waals surface area contributed by atoms with Gasteiger partial charge in [-0.3, -0.25) is 0 Å². The monoisotopic (exact) mass is 241 g/mol. The summed E-state index contributed by atoms with van der Waals surface area (Å²) < 4.78 is 5.64. The molecule has 0 bridgehead atoms. The predicted molar refractivity (Wildman–Crippen MR) is 74.4 cm³/mol. The average Bonchev–Trinajstić information content (AvgIpc) is 2.83. The van der Waals surface area contributed by atoms with Crippen molar-refractivity contribution in [3.63, 3.8) is 0 Å². The molecule has 3 unspecified atom stereocenters. The largest absolute Gasteiger partial charge is 0.378 e. The van der Waals surface area contributed by atoms with Gasteiger partial charge in [0.15, 0.2) is 0 Å². The predicted octanol–water partition coefficient (Wildman–Crippen LogP) is 3.26. The zero-order valence-electron chi connectivity index (χ0n) is 10.7. The van der Waals surface area contributed by atoms with Crippen molar-refractivity contribution in [1.29, 1.82) is 0 Å². The molecule has 3 atom stereocenters. The van der Waals surface area contributed by atoms with Crippen LogP contribution in [-0.4, -0.2) is 12.7 Å². The Hall–Kier alpha value is -1.38. The molecule has 1 saturated heterocycles. The lowest BCUT2D eigenvalue weighted by molar-refractivity contribution is 0.0996. The lowest BCUT2D eigenvalue weighted by Gasteiger charge is -2.23. The first-order valence-electron chi connectivity index (χ1n) is 6.62. The Labute approximate surface area is 108 Å². The molecule has 0 spiro atoms. The molecule has 2 nitrogen and oxygen atoms in total. The second-order valence-electron chi connectivity index (χ2n) is 5.12. The Morgan fingerprint density at radius 1 is 1.17 bits per heavy atom. The number of benzene rings is 2. The molecule has 0 radical (unpaired) electrons. The third-order valence-electron chi connectivity index (χ3n) is 4.08. The van der Waals surface area contributed by atoms with E-state index in [1.807, 2.05) is 0 Å². The first-order valence-corrected chi connectivity index (χ1v) is 6.62. The van der Waals surface area contributed by atoms with Crippen molar-refractivity contribution >= 4 is 10.8 Å². The van der Waals surface area contributed by atoms with Crippen LogP contribution in [0.15, 0.2) is 42.5 Å². The highest BCUT2D eigenvalue weighted by atomic mass is 16.5. The second-order valence-corrected chi connectivity index (χ2v) is 5.12. The fourth-order valence-electron chi connectivity index (χ4n) is 2.99. The molecule has 0 aliphatic carbocycles. The molecular formula is C16H19NO. The van der Waals surface area contributed by atoms with Crippen LogP contribution in [0, 0.1) is 5.92 Å². The van der Waals surface area contributed by atoms with Gasteiger partial charge in [0, 0.05) is 18.6 Å². The van der Waals surface area contributed by atoms with Gasteiger partial charge in [-0.25, -0.2) is 0 Å². The molecule has 1 aliphatic rings. The molecule has 94 valence electrons. The third kappa shape index (κ3) is 1.92. The zero-order chi connectivity index (χ0) is 12.5. The molecule has 2 aromatic carbocycles. The Kier molecular flexibility index (Phi) is 3.06. The number of nitrogens with two attached hydrogens (primary N) is 1. The molecule has 18 heavy (non-hydrogen) atoms.